The average molecular weight is 344 g/mol. The van der Waals surface area contributed by atoms with E-state index in [1.165, 1.54) is 13.2 Å². The minimum Gasteiger partial charge on any atom is -0.497 e. The van der Waals surface area contributed by atoms with Crippen molar-refractivity contribution in [1.82, 2.24) is 0 Å². The van der Waals surface area contributed by atoms with Crippen molar-refractivity contribution in [3.05, 3.63) is 73.8 Å². The summed E-state index contributed by atoms with van der Waals surface area (Å²) in [5, 5.41) is 31.4. The summed E-state index contributed by atoms with van der Waals surface area (Å²) in [6.45, 7) is 0. The molecule has 2 aromatic rings. The van der Waals surface area contributed by atoms with E-state index < -0.39 is 32.8 Å². The van der Waals surface area contributed by atoms with Gasteiger partial charge in [-0.15, -0.1) is 0 Å². The van der Waals surface area contributed by atoms with Crippen LogP contribution in [0.2, 0.25) is 0 Å². The van der Waals surface area contributed by atoms with E-state index >= 15 is 0 Å². The number of ether oxygens (including phenoxy) is 1. The summed E-state index contributed by atoms with van der Waals surface area (Å²) >= 11 is 0. The molecule has 0 fully saturated rings. The van der Waals surface area contributed by atoms with Crippen LogP contribution in [0, 0.1) is 20.2 Å². The maximum Gasteiger partial charge on any atom is 0.318 e. The van der Waals surface area contributed by atoms with Crippen molar-refractivity contribution < 1.29 is 24.5 Å². The molecule has 9 heteroatoms. The second-order valence-electron chi connectivity index (χ2n) is 4.85. The van der Waals surface area contributed by atoms with Gasteiger partial charge in [-0.05, 0) is 23.8 Å². The van der Waals surface area contributed by atoms with E-state index in [0.717, 1.165) is 18.2 Å². The summed E-state index contributed by atoms with van der Waals surface area (Å²) in [6.07, 6.45) is 2.58. The summed E-state index contributed by atoms with van der Waals surface area (Å²) < 4.78 is 5.00. The van der Waals surface area contributed by atoms with Gasteiger partial charge in [0.05, 0.1) is 17.0 Å². The summed E-state index contributed by atoms with van der Waals surface area (Å²) in [5.41, 5.74) is -1.43. The van der Waals surface area contributed by atoms with Gasteiger partial charge in [0.15, 0.2) is 5.78 Å². The van der Waals surface area contributed by atoms with Gasteiger partial charge in [-0.3, -0.25) is 25.0 Å². The number of ketones is 1. The Morgan fingerprint density at radius 2 is 1.60 bits per heavy atom. The molecule has 0 atom stereocenters. The predicted octanol–water partition coefficient (Wildman–Crippen LogP) is 3.11. The second-order valence-corrected chi connectivity index (χ2v) is 4.85. The van der Waals surface area contributed by atoms with Crippen LogP contribution in [0.5, 0.6) is 11.5 Å². The van der Waals surface area contributed by atoms with Crippen molar-refractivity contribution in [3.8, 4) is 11.5 Å². The molecule has 0 radical (unpaired) electrons. The fraction of sp³-hybridized carbons (Fsp3) is 0.0625. The summed E-state index contributed by atoms with van der Waals surface area (Å²) in [5.74, 6) is -1.14. The van der Waals surface area contributed by atoms with Crippen molar-refractivity contribution in [2.45, 2.75) is 0 Å². The predicted molar refractivity (Wildman–Crippen MR) is 87.8 cm³/mol. The number of nitro benzene ring substituents is 2. The lowest BCUT2D eigenvalue weighted by Gasteiger charge is -2.01. The number of rotatable bonds is 6. The molecule has 0 spiro atoms. The average Bonchev–Trinajstić information content (AvgIpc) is 2.59. The molecular formula is C16H12N2O7. The summed E-state index contributed by atoms with van der Waals surface area (Å²) in [6, 6.07) is 8.32. The van der Waals surface area contributed by atoms with Gasteiger partial charge in [-0.1, -0.05) is 18.2 Å². The molecule has 9 nitrogen and oxygen atoms in total. The van der Waals surface area contributed by atoms with Crippen molar-refractivity contribution >= 4 is 23.2 Å². The molecule has 0 bridgehead atoms. The van der Waals surface area contributed by atoms with E-state index in [1.807, 2.05) is 0 Å². The Kier molecular flexibility index (Phi) is 5.08. The van der Waals surface area contributed by atoms with Crippen LogP contribution in [0.15, 0.2) is 42.5 Å². The topological polar surface area (TPSA) is 133 Å². The van der Waals surface area contributed by atoms with Gasteiger partial charge in [-0.2, -0.15) is 0 Å². The number of carbonyl (C=O) groups is 1. The lowest BCUT2D eigenvalue weighted by atomic mass is 10.1. The van der Waals surface area contributed by atoms with Crippen molar-refractivity contribution in [2.75, 3.05) is 7.11 Å². The third-order valence-corrected chi connectivity index (χ3v) is 3.29. The van der Waals surface area contributed by atoms with Crippen LogP contribution in [0.4, 0.5) is 11.4 Å². The lowest BCUT2D eigenvalue weighted by Crippen LogP contribution is -2.00. The Morgan fingerprint density at radius 1 is 1.08 bits per heavy atom. The zero-order valence-corrected chi connectivity index (χ0v) is 12.9. The molecule has 25 heavy (non-hydrogen) atoms. The van der Waals surface area contributed by atoms with Crippen molar-refractivity contribution in [1.29, 1.82) is 0 Å². The molecule has 0 saturated heterocycles. The Morgan fingerprint density at radius 3 is 2.04 bits per heavy atom. The first-order valence-corrected chi connectivity index (χ1v) is 6.85. The molecule has 0 amide bonds. The van der Waals surface area contributed by atoms with Crippen molar-refractivity contribution in [2.24, 2.45) is 0 Å². The van der Waals surface area contributed by atoms with Crippen LogP contribution >= 0.6 is 0 Å². The Labute approximate surface area is 141 Å². The van der Waals surface area contributed by atoms with Crippen LogP contribution in [0.3, 0.4) is 0 Å². The highest BCUT2D eigenvalue weighted by molar-refractivity contribution is 6.07. The Hall–Kier alpha value is -3.75. The van der Waals surface area contributed by atoms with Gasteiger partial charge in [0.2, 0.25) is 0 Å². The third-order valence-electron chi connectivity index (χ3n) is 3.29. The fourth-order valence-electron chi connectivity index (χ4n) is 2.01. The van der Waals surface area contributed by atoms with Crippen molar-refractivity contribution in [3.63, 3.8) is 0 Å². The number of phenols is 1. The largest absolute Gasteiger partial charge is 0.497 e. The number of nitrogens with zero attached hydrogens (tertiary/aromatic N) is 2. The first kappa shape index (κ1) is 17.6. The van der Waals surface area contributed by atoms with E-state index in [4.69, 9.17) is 4.74 Å². The minimum absolute atomic E-state index is 0.277. The van der Waals surface area contributed by atoms with Gasteiger partial charge >= 0.3 is 11.4 Å². The molecule has 0 unspecified atom stereocenters. The van der Waals surface area contributed by atoms with Gasteiger partial charge in [0.25, 0.3) is 5.75 Å². The normalized spacial score (nSPS) is 10.6. The molecule has 0 saturated carbocycles. The number of carbonyl (C=O) groups excluding carboxylic acids is 1. The molecule has 0 aromatic heterocycles. The van der Waals surface area contributed by atoms with E-state index in [1.54, 1.807) is 24.3 Å². The number of nitro groups is 2. The second kappa shape index (κ2) is 7.21. The zero-order chi connectivity index (χ0) is 18.6. The number of hydrogen-bond donors (Lipinski definition) is 1. The molecule has 0 aliphatic rings. The van der Waals surface area contributed by atoms with E-state index in [0.29, 0.717) is 11.3 Å². The van der Waals surface area contributed by atoms with E-state index in [9.17, 15) is 30.1 Å². The highest BCUT2D eigenvalue weighted by Crippen LogP contribution is 2.36. The molecule has 2 rings (SSSR count). The molecule has 0 aliphatic carbocycles. The molecule has 1 N–H and O–H groups in total. The fourth-order valence-corrected chi connectivity index (χ4v) is 2.01. The lowest BCUT2D eigenvalue weighted by molar-refractivity contribution is -0.396. The van der Waals surface area contributed by atoms with E-state index in [-0.39, 0.29) is 5.56 Å². The molecule has 0 heterocycles. The Balaban J connectivity index is 2.36. The number of phenolic OH excluding ortho intramolecular Hbond substituents is 1. The van der Waals surface area contributed by atoms with Gasteiger partial charge in [-0.25, -0.2) is 0 Å². The summed E-state index contributed by atoms with van der Waals surface area (Å²) in [7, 11) is 1.51. The number of benzene rings is 2. The molecule has 128 valence electrons. The maximum absolute atomic E-state index is 12.2. The number of allylic oxidation sites excluding steroid dienone is 1. The number of aromatic hydroxyl groups is 1. The van der Waals surface area contributed by atoms with E-state index in [2.05, 4.69) is 0 Å². The monoisotopic (exact) mass is 344 g/mol. The SMILES string of the molecule is COc1ccc(/C=C/C(=O)c2cc([N+](=O)[O-])c(O)c([N+](=O)[O-])c2)cc1. The summed E-state index contributed by atoms with van der Waals surface area (Å²) in [4.78, 5) is 32.0. The highest BCUT2D eigenvalue weighted by Gasteiger charge is 2.27. The van der Waals surface area contributed by atoms with Crippen LogP contribution in [0.25, 0.3) is 6.08 Å². The molecular weight excluding hydrogens is 332 g/mol. The standard InChI is InChI=1S/C16H12N2O7/c1-25-12-5-2-10(3-6-12)4-7-15(19)11-8-13(17(21)22)16(20)14(9-11)18(23)24/h2-9,20H,1H3/b7-4+. The van der Waals surface area contributed by atoms with Crippen LogP contribution < -0.4 is 4.74 Å². The third kappa shape index (κ3) is 3.96. The highest BCUT2D eigenvalue weighted by atomic mass is 16.6. The van der Waals surface area contributed by atoms with Crippen LogP contribution in [0.1, 0.15) is 15.9 Å². The number of hydrogen-bond acceptors (Lipinski definition) is 7. The first-order chi connectivity index (χ1) is 11.8. The van der Waals surface area contributed by atoms with Gasteiger partial charge < -0.3 is 9.84 Å². The molecule has 0 aliphatic heterocycles. The zero-order valence-electron chi connectivity index (χ0n) is 12.9. The molecule has 2 aromatic carbocycles. The first-order valence-electron chi connectivity index (χ1n) is 6.85. The smallest absolute Gasteiger partial charge is 0.318 e. The quantitative estimate of drug-likeness (QED) is 0.368. The number of methoxy groups -OCH3 is 1. The van der Waals surface area contributed by atoms with Crippen LogP contribution in [-0.2, 0) is 0 Å². The van der Waals surface area contributed by atoms with Crippen LogP contribution in [-0.4, -0.2) is 27.8 Å². The maximum atomic E-state index is 12.2. The Bertz CT molecular complexity index is 838. The minimum atomic E-state index is -1.09. The van der Waals surface area contributed by atoms with Gasteiger partial charge in [0.1, 0.15) is 5.75 Å². The van der Waals surface area contributed by atoms with Gasteiger partial charge in [0, 0.05) is 17.7 Å².